The lowest BCUT2D eigenvalue weighted by Crippen LogP contribution is -2.56. The first-order valence-corrected chi connectivity index (χ1v) is 6.19. The van der Waals surface area contributed by atoms with E-state index < -0.39 is 6.04 Å². The Balaban J connectivity index is 1.75. The average molecular weight is 296 g/mol. The minimum absolute atomic E-state index is 0.0679. The van der Waals surface area contributed by atoms with Crippen LogP contribution in [0, 0.1) is 0 Å². The Kier molecular flexibility index (Phi) is 3.20. The predicted octanol–water partition coefficient (Wildman–Crippen LogP) is -0.967. The molecule has 2 aromatic heterocycles. The van der Waals surface area contributed by atoms with Gasteiger partial charge in [-0.1, -0.05) is 11.6 Å². The number of halogens is 1. The van der Waals surface area contributed by atoms with Gasteiger partial charge in [0.15, 0.2) is 10.8 Å². The number of imidazole rings is 1. The largest absolute Gasteiger partial charge is 0.353 e. The Morgan fingerprint density at radius 1 is 1.45 bits per heavy atom. The van der Waals surface area contributed by atoms with Crippen LogP contribution in [-0.2, 0) is 9.59 Å². The van der Waals surface area contributed by atoms with E-state index in [1.165, 1.54) is 6.33 Å². The van der Waals surface area contributed by atoms with Gasteiger partial charge >= 0.3 is 0 Å². The summed E-state index contributed by atoms with van der Waals surface area (Å²) in [6.45, 7) is 0.307. The Morgan fingerprint density at radius 3 is 3.05 bits per heavy atom. The highest BCUT2D eigenvalue weighted by molar-refractivity contribution is 6.33. The fraction of sp³-hybridized carbons (Fsp3) is 0.300. The van der Waals surface area contributed by atoms with E-state index in [1.807, 2.05) is 0 Å². The summed E-state index contributed by atoms with van der Waals surface area (Å²) < 4.78 is 0. The van der Waals surface area contributed by atoms with Crippen LogP contribution < -0.4 is 16.0 Å². The Hall–Kier alpha value is -2.26. The van der Waals surface area contributed by atoms with Crippen LogP contribution in [0.4, 0.5) is 5.95 Å². The zero-order valence-corrected chi connectivity index (χ0v) is 10.9. The minimum Gasteiger partial charge on any atom is -0.353 e. The smallest absolute Gasteiger partial charge is 0.245 e. The van der Waals surface area contributed by atoms with E-state index in [9.17, 15) is 9.59 Å². The molecule has 0 radical (unpaired) electrons. The number of carbonyl (C=O) groups excluding carboxylic acids is 2. The van der Waals surface area contributed by atoms with Crippen molar-refractivity contribution in [2.45, 2.75) is 6.04 Å². The van der Waals surface area contributed by atoms with Gasteiger partial charge in [0.2, 0.25) is 17.8 Å². The molecule has 0 saturated carbocycles. The highest BCUT2D eigenvalue weighted by Crippen LogP contribution is 2.18. The van der Waals surface area contributed by atoms with E-state index in [4.69, 9.17) is 11.6 Å². The number of nitrogens with zero attached hydrogens (tertiary/aromatic N) is 3. The molecule has 0 spiro atoms. The van der Waals surface area contributed by atoms with E-state index in [-0.39, 0.29) is 36.0 Å². The van der Waals surface area contributed by atoms with Gasteiger partial charge in [-0.15, -0.1) is 0 Å². The number of H-pyrrole nitrogens is 1. The SMILES string of the molecule is O=C1CNC(C(=O)Nc2nc(Cl)c3[nH]cnc3n2)CN1. The van der Waals surface area contributed by atoms with Crippen molar-refractivity contribution in [3.8, 4) is 0 Å². The van der Waals surface area contributed by atoms with Gasteiger partial charge in [0, 0.05) is 6.54 Å². The summed E-state index contributed by atoms with van der Waals surface area (Å²) in [6, 6.07) is -0.537. The average Bonchev–Trinajstić information content (AvgIpc) is 2.88. The maximum atomic E-state index is 12.0. The molecule has 10 heteroatoms. The molecule has 3 rings (SSSR count). The summed E-state index contributed by atoms with van der Waals surface area (Å²) in [5, 5.41) is 8.10. The van der Waals surface area contributed by atoms with Gasteiger partial charge < -0.3 is 10.3 Å². The fourth-order valence-corrected chi connectivity index (χ4v) is 2.02. The van der Waals surface area contributed by atoms with Gasteiger partial charge in [0.1, 0.15) is 11.6 Å². The molecule has 0 aliphatic carbocycles. The van der Waals surface area contributed by atoms with Crippen LogP contribution in [0.15, 0.2) is 6.33 Å². The summed E-state index contributed by atoms with van der Waals surface area (Å²) in [6.07, 6.45) is 1.44. The van der Waals surface area contributed by atoms with Gasteiger partial charge in [0.05, 0.1) is 12.9 Å². The van der Waals surface area contributed by atoms with Crippen LogP contribution in [-0.4, -0.2) is 50.9 Å². The summed E-state index contributed by atoms with van der Waals surface area (Å²) in [4.78, 5) is 37.7. The molecule has 1 aliphatic rings. The second-order valence-corrected chi connectivity index (χ2v) is 4.52. The number of amides is 2. The van der Waals surface area contributed by atoms with Gasteiger partial charge in [-0.05, 0) is 0 Å². The Labute approximate surface area is 117 Å². The maximum absolute atomic E-state index is 12.0. The Bertz CT molecular complexity index is 675. The molecule has 9 nitrogen and oxygen atoms in total. The van der Waals surface area contributed by atoms with Crippen molar-refractivity contribution in [1.29, 1.82) is 0 Å². The Morgan fingerprint density at radius 2 is 2.30 bits per heavy atom. The number of nitrogens with one attached hydrogen (secondary N) is 4. The van der Waals surface area contributed by atoms with Crippen LogP contribution in [0.1, 0.15) is 0 Å². The van der Waals surface area contributed by atoms with E-state index in [2.05, 4.69) is 35.9 Å². The topological polar surface area (TPSA) is 125 Å². The highest BCUT2D eigenvalue weighted by Gasteiger charge is 2.24. The number of aromatic amines is 1. The number of carbonyl (C=O) groups is 2. The van der Waals surface area contributed by atoms with E-state index in [0.717, 1.165) is 0 Å². The zero-order valence-electron chi connectivity index (χ0n) is 10.1. The molecule has 0 bridgehead atoms. The quantitative estimate of drug-likeness (QED) is 0.529. The number of fused-ring (bicyclic) bond motifs is 1. The zero-order chi connectivity index (χ0) is 14.1. The van der Waals surface area contributed by atoms with Crippen molar-refractivity contribution in [1.82, 2.24) is 30.6 Å². The lowest BCUT2D eigenvalue weighted by atomic mass is 10.2. The normalized spacial score (nSPS) is 18.9. The lowest BCUT2D eigenvalue weighted by Gasteiger charge is -2.22. The monoisotopic (exact) mass is 295 g/mol. The highest BCUT2D eigenvalue weighted by atomic mass is 35.5. The third-order valence-corrected chi connectivity index (χ3v) is 3.08. The van der Waals surface area contributed by atoms with Gasteiger partial charge in [-0.3, -0.25) is 20.2 Å². The molecule has 3 heterocycles. The second kappa shape index (κ2) is 5.02. The maximum Gasteiger partial charge on any atom is 0.245 e. The van der Waals surface area contributed by atoms with Crippen LogP contribution in [0.2, 0.25) is 5.15 Å². The molecule has 20 heavy (non-hydrogen) atoms. The molecular weight excluding hydrogens is 286 g/mol. The molecular formula is C10H10ClN7O2. The van der Waals surface area contributed by atoms with Crippen molar-refractivity contribution in [2.24, 2.45) is 0 Å². The first kappa shape index (κ1) is 12.8. The van der Waals surface area contributed by atoms with E-state index >= 15 is 0 Å². The number of piperazine rings is 1. The summed E-state index contributed by atoms with van der Waals surface area (Å²) >= 11 is 5.95. The number of hydrogen-bond acceptors (Lipinski definition) is 6. The second-order valence-electron chi connectivity index (χ2n) is 4.17. The van der Waals surface area contributed by atoms with Crippen molar-refractivity contribution in [3.63, 3.8) is 0 Å². The van der Waals surface area contributed by atoms with Crippen molar-refractivity contribution in [3.05, 3.63) is 11.5 Å². The van der Waals surface area contributed by atoms with Gasteiger partial charge in [-0.2, -0.15) is 9.97 Å². The van der Waals surface area contributed by atoms with Crippen molar-refractivity contribution >= 4 is 40.5 Å². The summed E-state index contributed by atoms with van der Waals surface area (Å²) in [5.74, 6) is -0.430. The molecule has 1 saturated heterocycles. The number of anilines is 1. The fourth-order valence-electron chi connectivity index (χ4n) is 1.80. The van der Waals surface area contributed by atoms with Crippen molar-refractivity contribution in [2.75, 3.05) is 18.4 Å². The molecule has 2 amide bonds. The molecule has 4 N–H and O–H groups in total. The number of aromatic nitrogens is 4. The van der Waals surface area contributed by atoms with Crippen LogP contribution in [0.3, 0.4) is 0 Å². The number of rotatable bonds is 2. The van der Waals surface area contributed by atoms with Gasteiger partial charge in [-0.25, -0.2) is 4.98 Å². The number of hydrogen-bond donors (Lipinski definition) is 4. The van der Waals surface area contributed by atoms with Crippen LogP contribution in [0.5, 0.6) is 0 Å². The molecule has 104 valence electrons. The first-order valence-electron chi connectivity index (χ1n) is 5.81. The third-order valence-electron chi connectivity index (χ3n) is 2.81. The van der Waals surface area contributed by atoms with Crippen LogP contribution >= 0.6 is 11.6 Å². The third kappa shape index (κ3) is 2.40. The molecule has 1 fully saturated rings. The summed E-state index contributed by atoms with van der Waals surface area (Å²) in [5.41, 5.74) is 0.873. The predicted molar refractivity (Wildman–Crippen MR) is 70.1 cm³/mol. The minimum atomic E-state index is -0.537. The molecule has 2 aromatic rings. The van der Waals surface area contributed by atoms with Crippen molar-refractivity contribution < 1.29 is 9.59 Å². The standard InChI is InChI=1S/C10H10ClN7O2/c11-7-6-8(15-3-14-6)17-10(16-7)18-9(20)4-1-13-5(19)2-12-4/h3-4,12H,1-2H2,(H,13,19)(H2,14,15,16,17,18,20). The van der Waals surface area contributed by atoms with Crippen LogP contribution in [0.25, 0.3) is 11.2 Å². The lowest BCUT2D eigenvalue weighted by molar-refractivity contribution is -0.124. The van der Waals surface area contributed by atoms with E-state index in [1.54, 1.807) is 0 Å². The molecule has 0 aromatic carbocycles. The van der Waals surface area contributed by atoms with Gasteiger partial charge in [0.25, 0.3) is 0 Å². The summed E-state index contributed by atoms with van der Waals surface area (Å²) in [7, 11) is 0. The first-order chi connectivity index (χ1) is 9.63. The molecule has 1 unspecified atom stereocenters. The van der Waals surface area contributed by atoms with E-state index in [0.29, 0.717) is 11.2 Å². The molecule has 1 aliphatic heterocycles. The molecule has 1 atom stereocenters.